The molecule has 0 bridgehead atoms. The van der Waals surface area contributed by atoms with Crippen LogP contribution in [0.25, 0.3) is 11.5 Å². The lowest BCUT2D eigenvalue weighted by atomic mass is 10.1. The largest absolute Gasteiger partial charge is 0.379 e. The van der Waals surface area contributed by atoms with E-state index in [1.54, 1.807) is 24.3 Å². The third kappa shape index (κ3) is 3.41. The zero-order valence-electron chi connectivity index (χ0n) is 11.2. The van der Waals surface area contributed by atoms with Gasteiger partial charge in [-0.05, 0) is 30.7 Å². The van der Waals surface area contributed by atoms with Gasteiger partial charge < -0.3 is 15.0 Å². The van der Waals surface area contributed by atoms with Gasteiger partial charge in [0.15, 0.2) is 5.82 Å². The molecule has 0 aliphatic heterocycles. The summed E-state index contributed by atoms with van der Waals surface area (Å²) in [5, 5.41) is 12.6. The summed E-state index contributed by atoms with van der Waals surface area (Å²) in [4.78, 5) is 4.25. The topological polar surface area (TPSA) is 98.0 Å². The van der Waals surface area contributed by atoms with Crippen molar-refractivity contribution in [2.24, 2.45) is 5.73 Å². The van der Waals surface area contributed by atoms with Crippen molar-refractivity contribution >= 4 is 0 Å². The number of ether oxygens (including phenoxy) is 1. The van der Waals surface area contributed by atoms with E-state index in [2.05, 4.69) is 16.2 Å². The maximum atomic E-state index is 8.75. The van der Waals surface area contributed by atoms with E-state index >= 15 is 0 Å². The van der Waals surface area contributed by atoms with Crippen LogP contribution in [0, 0.1) is 11.3 Å². The molecule has 1 atom stereocenters. The fourth-order valence-electron chi connectivity index (χ4n) is 1.62. The molecule has 2 rings (SSSR count). The Hall–Kier alpha value is -2.23. The van der Waals surface area contributed by atoms with Gasteiger partial charge in [-0.3, -0.25) is 0 Å². The minimum absolute atomic E-state index is 0.361. The molecule has 0 saturated carbocycles. The van der Waals surface area contributed by atoms with Crippen molar-refractivity contribution in [1.82, 2.24) is 10.1 Å². The average molecular weight is 272 g/mol. The summed E-state index contributed by atoms with van der Waals surface area (Å²) in [7, 11) is 0. The molecule has 20 heavy (non-hydrogen) atoms. The first-order valence-electron chi connectivity index (χ1n) is 6.42. The van der Waals surface area contributed by atoms with Crippen molar-refractivity contribution in [2.45, 2.75) is 19.4 Å². The molecule has 6 nitrogen and oxygen atoms in total. The normalized spacial score (nSPS) is 12.1. The maximum absolute atomic E-state index is 8.75. The second-order valence-corrected chi connectivity index (χ2v) is 4.33. The minimum Gasteiger partial charge on any atom is -0.379 e. The van der Waals surface area contributed by atoms with Crippen molar-refractivity contribution in [1.29, 1.82) is 5.26 Å². The monoisotopic (exact) mass is 272 g/mol. The number of benzene rings is 1. The average Bonchev–Trinajstić information content (AvgIpc) is 2.97. The van der Waals surface area contributed by atoms with Crippen LogP contribution in [-0.4, -0.2) is 23.4 Å². The SMILES string of the molecule is CCCOCC(N)c1noc(-c2ccc(C#N)cc2)n1. The maximum Gasteiger partial charge on any atom is 0.257 e. The van der Waals surface area contributed by atoms with Gasteiger partial charge in [-0.25, -0.2) is 0 Å². The van der Waals surface area contributed by atoms with Crippen LogP contribution in [0.4, 0.5) is 0 Å². The van der Waals surface area contributed by atoms with Gasteiger partial charge in [0.1, 0.15) is 0 Å². The van der Waals surface area contributed by atoms with Crippen LogP contribution in [0.3, 0.4) is 0 Å². The molecule has 104 valence electrons. The summed E-state index contributed by atoms with van der Waals surface area (Å²) in [6.07, 6.45) is 0.940. The highest BCUT2D eigenvalue weighted by atomic mass is 16.5. The standard InChI is InChI=1S/C14H16N4O2/c1-2-7-19-9-12(16)13-17-14(20-18-13)11-5-3-10(8-15)4-6-11/h3-6,12H,2,7,9,16H2,1H3. The minimum atomic E-state index is -0.405. The van der Waals surface area contributed by atoms with E-state index in [0.29, 0.717) is 30.5 Å². The third-order valence-electron chi connectivity index (χ3n) is 2.68. The molecule has 0 spiro atoms. The molecule has 0 amide bonds. The highest BCUT2D eigenvalue weighted by Gasteiger charge is 2.15. The van der Waals surface area contributed by atoms with E-state index in [9.17, 15) is 0 Å². The summed E-state index contributed by atoms with van der Waals surface area (Å²) < 4.78 is 10.5. The molecule has 2 N–H and O–H groups in total. The van der Waals surface area contributed by atoms with Crippen molar-refractivity contribution in [3.8, 4) is 17.5 Å². The number of nitrogens with zero attached hydrogens (tertiary/aromatic N) is 3. The van der Waals surface area contributed by atoms with Crippen LogP contribution in [-0.2, 0) is 4.74 Å². The second kappa shape index (κ2) is 6.80. The van der Waals surface area contributed by atoms with Crippen LogP contribution in [0.5, 0.6) is 0 Å². The highest BCUT2D eigenvalue weighted by Crippen LogP contribution is 2.19. The molecule has 0 radical (unpaired) electrons. The Morgan fingerprint density at radius 2 is 2.15 bits per heavy atom. The Labute approximate surface area is 117 Å². The van der Waals surface area contributed by atoms with Gasteiger partial charge in [0, 0.05) is 12.2 Å². The van der Waals surface area contributed by atoms with Gasteiger partial charge in [0.2, 0.25) is 0 Å². The smallest absolute Gasteiger partial charge is 0.257 e. The van der Waals surface area contributed by atoms with E-state index in [-0.39, 0.29) is 0 Å². The Bertz CT molecular complexity index is 586. The van der Waals surface area contributed by atoms with Gasteiger partial charge in [0.05, 0.1) is 24.3 Å². The summed E-state index contributed by atoms with van der Waals surface area (Å²) in [5.74, 6) is 0.802. The zero-order valence-corrected chi connectivity index (χ0v) is 11.2. The summed E-state index contributed by atoms with van der Waals surface area (Å²) >= 11 is 0. The van der Waals surface area contributed by atoms with E-state index in [1.807, 2.05) is 6.92 Å². The third-order valence-corrected chi connectivity index (χ3v) is 2.68. The van der Waals surface area contributed by atoms with E-state index in [4.69, 9.17) is 20.3 Å². The number of hydrogen-bond donors (Lipinski definition) is 1. The summed E-state index contributed by atoms with van der Waals surface area (Å²) in [6.45, 7) is 3.05. The van der Waals surface area contributed by atoms with Crippen molar-refractivity contribution in [2.75, 3.05) is 13.2 Å². The van der Waals surface area contributed by atoms with Gasteiger partial charge in [-0.1, -0.05) is 12.1 Å². The molecular formula is C14H16N4O2. The molecule has 0 fully saturated rings. The van der Waals surface area contributed by atoms with Crippen molar-refractivity contribution in [3.05, 3.63) is 35.7 Å². The number of nitriles is 1. The van der Waals surface area contributed by atoms with Crippen molar-refractivity contribution < 1.29 is 9.26 Å². The molecular weight excluding hydrogens is 256 g/mol. The lowest BCUT2D eigenvalue weighted by molar-refractivity contribution is 0.119. The van der Waals surface area contributed by atoms with Gasteiger partial charge in [-0.2, -0.15) is 10.2 Å². The number of hydrogen-bond acceptors (Lipinski definition) is 6. The van der Waals surface area contributed by atoms with Gasteiger partial charge in [-0.15, -0.1) is 0 Å². The molecule has 1 aromatic heterocycles. The number of rotatable bonds is 6. The molecule has 0 aliphatic carbocycles. The first kappa shape index (κ1) is 14.2. The van der Waals surface area contributed by atoms with E-state index < -0.39 is 6.04 Å². The first-order valence-corrected chi connectivity index (χ1v) is 6.42. The second-order valence-electron chi connectivity index (χ2n) is 4.33. The molecule has 0 saturated heterocycles. The molecule has 1 unspecified atom stereocenters. The number of aromatic nitrogens is 2. The van der Waals surface area contributed by atoms with Crippen LogP contribution in [0.1, 0.15) is 30.8 Å². The Morgan fingerprint density at radius 1 is 1.40 bits per heavy atom. The highest BCUT2D eigenvalue weighted by molar-refractivity contribution is 5.54. The molecule has 2 aromatic rings. The van der Waals surface area contributed by atoms with Crippen molar-refractivity contribution in [3.63, 3.8) is 0 Å². The van der Waals surface area contributed by atoms with E-state index in [0.717, 1.165) is 12.0 Å². The van der Waals surface area contributed by atoms with E-state index in [1.165, 1.54) is 0 Å². The summed E-state index contributed by atoms with van der Waals surface area (Å²) in [6, 6.07) is 8.56. The Morgan fingerprint density at radius 3 is 2.80 bits per heavy atom. The molecule has 1 aromatic carbocycles. The fraction of sp³-hybridized carbons (Fsp3) is 0.357. The Balaban J connectivity index is 2.06. The lowest BCUT2D eigenvalue weighted by Gasteiger charge is -2.06. The van der Waals surface area contributed by atoms with Crippen LogP contribution in [0.15, 0.2) is 28.8 Å². The number of nitrogens with two attached hydrogens (primary N) is 1. The Kier molecular flexibility index (Phi) is 4.82. The predicted octanol–water partition coefficient (Wildman–Crippen LogP) is 2.03. The first-order chi connectivity index (χ1) is 9.74. The molecule has 1 heterocycles. The van der Waals surface area contributed by atoms with Crippen LogP contribution < -0.4 is 5.73 Å². The predicted molar refractivity (Wildman–Crippen MR) is 72.5 cm³/mol. The lowest BCUT2D eigenvalue weighted by Crippen LogP contribution is -2.18. The van der Waals surface area contributed by atoms with Gasteiger partial charge in [0.25, 0.3) is 5.89 Å². The van der Waals surface area contributed by atoms with Crippen LogP contribution >= 0.6 is 0 Å². The summed E-state index contributed by atoms with van der Waals surface area (Å²) in [5.41, 5.74) is 7.26. The van der Waals surface area contributed by atoms with Crippen LogP contribution in [0.2, 0.25) is 0 Å². The van der Waals surface area contributed by atoms with Gasteiger partial charge >= 0.3 is 0 Å². The zero-order chi connectivity index (χ0) is 14.4. The molecule has 0 aliphatic rings. The fourth-order valence-corrected chi connectivity index (χ4v) is 1.62. The molecule has 6 heteroatoms. The quantitative estimate of drug-likeness (QED) is 0.808.